The number of rotatable bonds is 5. The van der Waals surface area contributed by atoms with Crippen LogP contribution in [0.1, 0.15) is 24.6 Å². The number of aromatic nitrogens is 4. The summed E-state index contributed by atoms with van der Waals surface area (Å²) >= 11 is 0. The Morgan fingerprint density at radius 3 is 2.72 bits per heavy atom. The van der Waals surface area contributed by atoms with Crippen molar-refractivity contribution in [2.75, 3.05) is 5.32 Å². The largest absolute Gasteiger partial charge is 0.378 e. The summed E-state index contributed by atoms with van der Waals surface area (Å²) in [6.07, 6.45) is 7.01. The van der Waals surface area contributed by atoms with E-state index in [1.165, 1.54) is 5.56 Å². The van der Waals surface area contributed by atoms with Crippen LogP contribution in [0, 0.1) is 6.92 Å². The summed E-state index contributed by atoms with van der Waals surface area (Å²) in [5.41, 5.74) is 3.37. The Kier molecular flexibility index (Phi) is 5.22. The van der Waals surface area contributed by atoms with E-state index in [1.54, 1.807) is 4.68 Å². The van der Waals surface area contributed by atoms with E-state index in [1.807, 2.05) is 31.0 Å². The minimum atomic E-state index is 0. The molecule has 0 saturated carbocycles. The molecular weight excluding hydrogens is 250 g/mol. The van der Waals surface area contributed by atoms with Crippen molar-refractivity contribution in [2.45, 2.75) is 33.4 Å². The Hall–Kier alpha value is -1.49. The fourth-order valence-electron chi connectivity index (χ4n) is 1.79. The lowest BCUT2D eigenvalue weighted by molar-refractivity contribution is 0.598. The van der Waals surface area contributed by atoms with Crippen LogP contribution in [-0.4, -0.2) is 19.6 Å². The minimum absolute atomic E-state index is 0. The molecule has 0 aliphatic heterocycles. The lowest BCUT2D eigenvalue weighted by Crippen LogP contribution is -1.99. The molecule has 0 bridgehead atoms. The molecule has 0 spiro atoms. The van der Waals surface area contributed by atoms with Gasteiger partial charge in [0.1, 0.15) is 0 Å². The lowest BCUT2D eigenvalue weighted by atomic mass is 10.2. The second-order valence-electron chi connectivity index (χ2n) is 4.26. The molecule has 0 aliphatic carbocycles. The molecule has 0 atom stereocenters. The molecule has 0 saturated heterocycles. The quantitative estimate of drug-likeness (QED) is 0.907. The fraction of sp³-hybridized carbons (Fsp3) is 0.500. The Bertz CT molecular complexity index is 488. The maximum Gasteiger partial charge on any atom is 0.0729 e. The number of hydrogen-bond acceptors (Lipinski definition) is 3. The molecule has 2 aromatic rings. The van der Waals surface area contributed by atoms with E-state index in [0.717, 1.165) is 30.9 Å². The Morgan fingerprint density at radius 2 is 2.11 bits per heavy atom. The van der Waals surface area contributed by atoms with Crippen LogP contribution >= 0.6 is 12.4 Å². The maximum atomic E-state index is 4.47. The average Bonchev–Trinajstić information content (AvgIpc) is 2.83. The van der Waals surface area contributed by atoms with Gasteiger partial charge in [-0.2, -0.15) is 10.2 Å². The predicted molar refractivity (Wildman–Crippen MR) is 75.0 cm³/mol. The fourth-order valence-corrected chi connectivity index (χ4v) is 1.79. The van der Waals surface area contributed by atoms with Crippen molar-refractivity contribution in [3.63, 3.8) is 0 Å². The first-order valence-electron chi connectivity index (χ1n) is 5.94. The van der Waals surface area contributed by atoms with Gasteiger partial charge in [0.2, 0.25) is 0 Å². The highest BCUT2D eigenvalue weighted by Gasteiger charge is 2.04. The predicted octanol–water partition coefficient (Wildman–Crippen LogP) is 2.37. The van der Waals surface area contributed by atoms with Crippen LogP contribution in [0.3, 0.4) is 0 Å². The second-order valence-corrected chi connectivity index (χ2v) is 4.26. The van der Waals surface area contributed by atoms with Gasteiger partial charge in [0.05, 0.1) is 17.6 Å². The van der Waals surface area contributed by atoms with Crippen molar-refractivity contribution in [2.24, 2.45) is 7.05 Å². The summed E-state index contributed by atoms with van der Waals surface area (Å²) in [5, 5.41) is 11.9. The molecule has 2 rings (SSSR count). The molecule has 6 heteroatoms. The first-order valence-corrected chi connectivity index (χ1v) is 5.94. The minimum Gasteiger partial charge on any atom is -0.378 e. The summed E-state index contributed by atoms with van der Waals surface area (Å²) in [7, 11) is 1.91. The molecule has 0 unspecified atom stereocenters. The van der Waals surface area contributed by atoms with Crippen LogP contribution in [0.2, 0.25) is 0 Å². The molecule has 18 heavy (non-hydrogen) atoms. The van der Waals surface area contributed by atoms with Gasteiger partial charge in [0.25, 0.3) is 0 Å². The Labute approximate surface area is 114 Å². The van der Waals surface area contributed by atoms with Crippen molar-refractivity contribution < 1.29 is 0 Å². The van der Waals surface area contributed by atoms with Crippen LogP contribution < -0.4 is 5.32 Å². The monoisotopic (exact) mass is 269 g/mol. The molecule has 100 valence electrons. The number of halogens is 1. The van der Waals surface area contributed by atoms with Gasteiger partial charge in [-0.15, -0.1) is 12.4 Å². The summed E-state index contributed by atoms with van der Waals surface area (Å²) in [6, 6.07) is 0. The van der Waals surface area contributed by atoms with E-state index in [4.69, 9.17) is 0 Å². The molecule has 0 aromatic carbocycles. The number of hydrogen-bond donors (Lipinski definition) is 1. The molecule has 0 aliphatic rings. The van der Waals surface area contributed by atoms with Gasteiger partial charge in [-0.25, -0.2) is 0 Å². The van der Waals surface area contributed by atoms with Crippen LogP contribution in [0.4, 0.5) is 5.69 Å². The topological polar surface area (TPSA) is 47.7 Å². The van der Waals surface area contributed by atoms with E-state index in [0.29, 0.717) is 0 Å². The lowest BCUT2D eigenvalue weighted by Gasteiger charge is -2.01. The highest BCUT2D eigenvalue weighted by molar-refractivity contribution is 5.85. The molecule has 2 heterocycles. The van der Waals surface area contributed by atoms with Crippen molar-refractivity contribution in [3.05, 3.63) is 29.8 Å². The third kappa shape index (κ3) is 3.50. The van der Waals surface area contributed by atoms with Gasteiger partial charge in [0, 0.05) is 38.1 Å². The van der Waals surface area contributed by atoms with Crippen LogP contribution in [0.15, 0.2) is 18.6 Å². The summed E-state index contributed by atoms with van der Waals surface area (Å²) in [6.45, 7) is 5.98. The highest BCUT2D eigenvalue weighted by atomic mass is 35.5. The van der Waals surface area contributed by atoms with E-state index < -0.39 is 0 Å². The van der Waals surface area contributed by atoms with Crippen molar-refractivity contribution in [1.82, 2.24) is 19.6 Å². The number of nitrogens with zero attached hydrogens (tertiary/aromatic N) is 4. The van der Waals surface area contributed by atoms with Crippen LogP contribution in [0.5, 0.6) is 0 Å². The molecule has 1 N–H and O–H groups in total. The highest BCUT2D eigenvalue weighted by Crippen LogP contribution is 2.10. The maximum absolute atomic E-state index is 4.47. The van der Waals surface area contributed by atoms with E-state index >= 15 is 0 Å². The van der Waals surface area contributed by atoms with Crippen molar-refractivity contribution in [1.29, 1.82) is 0 Å². The second kappa shape index (κ2) is 6.44. The Morgan fingerprint density at radius 1 is 1.33 bits per heavy atom. The first kappa shape index (κ1) is 14.6. The van der Waals surface area contributed by atoms with Gasteiger partial charge in [-0.3, -0.25) is 9.36 Å². The van der Waals surface area contributed by atoms with Gasteiger partial charge in [0.15, 0.2) is 0 Å². The summed E-state index contributed by atoms with van der Waals surface area (Å²) < 4.78 is 3.80. The summed E-state index contributed by atoms with van der Waals surface area (Å²) in [5.74, 6) is 0. The molecule has 0 fully saturated rings. The number of nitrogens with one attached hydrogen (secondary N) is 1. The standard InChI is InChI=1S/C12H19N5.ClH/c1-4-5-17-8-11(10(2)15-17)6-13-12-7-14-16(3)9-12;/h7-9,13H,4-6H2,1-3H3;1H. The Balaban J connectivity index is 0.00000162. The van der Waals surface area contributed by atoms with Crippen molar-refractivity contribution in [3.8, 4) is 0 Å². The van der Waals surface area contributed by atoms with Gasteiger partial charge < -0.3 is 5.32 Å². The summed E-state index contributed by atoms with van der Waals surface area (Å²) in [4.78, 5) is 0. The van der Waals surface area contributed by atoms with E-state index in [2.05, 4.69) is 28.6 Å². The van der Waals surface area contributed by atoms with Crippen LogP contribution in [0.25, 0.3) is 0 Å². The molecule has 0 amide bonds. The van der Waals surface area contributed by atoms with Gasteiger partial charge in [-0.05, 0) is 13.3 Å². The van der Waals surface area contributed by atoms with E-state index in [9.17, 15) is 0 Å². The average molecular weight is 270 g/mol. The smallest absolute Gasteiger partial charge is 0.0729 e. The number of anilines is 1. The van der Waals surface area contributed by atoms with Crippen LogP contribution in [-0.2, 0) is 20.1 Å². The zero-order chi connectivity index (χ0) is 12.3. The SMILES string of the molecule is CCCn1cc(CNc2cnn(C)c2)c(C)n1.Cl. The normalized spacial score (nSPS) is 10.2. The molecule has 0 radical (unpaired) electrons. The molecule has 5 nitrogen and oxygen atoms in total. The molecule has 2 aromatic heterocycles. The van der Waals surface area contributed by atoms with Crippen molar-refractivity contribution >= 4 is 18.1 Å². The van der Waals surface area contributed by atoms with E-state index in [-0.39, 0.29) is 12.4 Å². The third-order valence-electron chi connectivity index (χ3n) is 2.69. The third-order valence-corrected chi connectivity index (χ3v) is 2.69. The van der Waals surface area contributed by atoms with Gasteiger partial charge >= 0.3 is 0 Å². The first-order chi connectivity index (χ1) is 8.19. The number of aryl methyl sites for hydroxylation is 3. The molecular formula is C12H20ClN5. The zero-order valence-electron chi connectivity index (χ0n) is 11.1. The zero-order valence-corrected chi connectivity index (χ0v) is 11.9. The van der Waals surface area contributed by atoms with Gasteiger partial charge in [-0.1, -0.05) is 6.92 Å².